The smallest absolute Gasteiger partial charge is 0.337 e. The van der Waals surface area contributed by atoms with Crippen LogP contribution in [0.3, 0.4) is 0 Å². The van der Waals surface area contributed by atoms with Crippen molar-refractivity contribution < 1.29 is 19.0 Å². The Hall–Kier alpha value is -0.900. The van der Waals surface area contributed by atoms with Gasteiger partial charge in [0.25, 0.3) is 0 Å². The van der Waals surface area contributed by atoms with Gasteiger partial charge in [-0.05, 0) is 38.2 Å². The first kappa shape index (κ1) is 9.33. The molecule has 15 heavy (non-hydrogen) atoms. The zero-order chi connectivity index (χ0) is 10.8. The van der Waals surface area contributed by atoms with E-state index < -0.39 is 23.3 Å². The molecule has 4 atom stereocenters. The lowest BCUT2D eigenvalue weighted by Crippen LogP contribution is -2.47. The summed E-state index contributed by atoms with van der Waals surface area (Å²) in [6.45, 7) is 1.44. The number of aliphatic hydroxyl groups is 1. The quantitative estimate of drug-likeness (QED) is 0.612. The normalized spacial score (nSPS) is 52.5. The molecule has 1 heterocycles. The highest BCUT2D eigenvalue weighted by atomic mass is 19.1. The molecule has 0 spiro atoms. The van der Waals surface area contributed by atoms with Crippen molar-refractivity contribution in [2.75, 3.05) is 0 Å². The average Bonchev–Trinajstić information content (AvgIpc) is 2.54. The van der Waals surface area contributed by atoms with Crippen molar-refractivity contribution in [1.82, 2.24) is 0 Å². The average molecular weight is 212 g/mol. The van der Waals surface area contributed by atoms with Crippen LogP contribution in [-0.4, -0.2) is 28.4 Å². The maximum atomic E-state index is 13.9. The highest BCUT2D eigenvalue weighted by molar-refractivity contribution is 5.94. The third-order valence-corrected chi connectivity index (χ3v) is 3.88. The highest BCUT2D eigenvalue weighted by Gasteiger charge is 2.63. The molecule has 1 unspecified atom stereocenters. The molecule has 3 nitrogen and oxygen atoms in total. The minimum atomic E-state index is -1.50. The molecule has 0 radical (unpaired) electrons. The molecule has 1 aliphatic heterocycles. The van der Waals surface area contributed by atoms with Crippen LogP contribution < -0.4 is 0 Å². The number of ether oxygens (including phenoxy) is 1. The van der Waals surface area contributed by atoms with Crippen molar-refractivity contribution in [1.29, 1.82) is 0 Å². The molecule has 1 saturated heterocycles. The van der Waals surface area contributed by atoms with Gasteiger partial charge in [-0.3, -0.25) is 0 Å². The summed E-state index contributed by atoms with van der Waals surface area (Å²) in [6.07, 6.45) is 2.44. The molecule has 2 fully saturated rings. The number of halogens is 1. The van der Waals surface area contributed by atoms with Gasteiger partial charge in [0, 0.05) is 0 Å². The molecule has 0 amide bonds. The maximum Gasteiger partial charge on any atom is 0.337 e. The Labute approximate surface area is 86.9 Å². The van der Waals surface area contributed by atoms with E-state index in [4.69, 9.17) is 4.74 Å². The number of hydrogen-bond acceptors (Lipinski definition) is 3. The Morgan fingerprint density at radius 1 is 1.60 bits per heavy atom. The number of carbonyl (C=O) groups is 1. The van der Waals surface area contributed by atoms with Crippen molar-refractivity contribution in [2.45, 2.75) is 43.6 Å². The number of rotatable bonds is 0. The molecular formula is C11H13FO3. The van der Waals surface area contributed by atoms with E-state index in [1.54, 1.807) is 0 Å². The summed E-state index contributed by atoms with van der Waals surface area (Å²) >= 11 is 0. The minimum Gasteiger partial charge on any atom is -0.455 e. The maximum absolute atomic E-state index is 13.9. The first-order valence-electron chi connectivity index (χ1n) is 5.29. The summed E-state index contributed by atoms with van der Waals surface area (Å²) in [5.74, 6) is -0.722. The molecule has 3 rings (SSSR count). The van der Waals surface area contributed by atoms with Crippen molar-refractivity contribution in [3.63, 3.8) is 0 Å². The van der Waals surface area contributed by atoms with E-state index in [0.29, 0.717) is 6.42 Å². The fraction of sp³-hybridized carbons (Fsp3) is 0.727. The number of esters is 1. The van der Waals surface area contributed by atoms with E-state index in [0.717, 1.165) is 6.42 Å². The van der Waals surface area contributed by atoms with E-state index in [-0.39, 0.29) is 17.9 Å². The number of allylic oxidation sites excluding steroid dienone is 1. The Bertz CT molecular complexity index is 374. The molecule has 4 heteroatoms. The second-order valence-electron chi connectivity index (χ2n) is 5.03. The SMILES string of the molecule is C[C@@]1(F)C=C2C(=O)O[C@@H]3CCC(C1)[C@]23O. The molecule has 1 N–H and O–H groups in total. The summed E-state index contributed by atoms with van der Waals surface area (Å²) in [5.41, 5.74) is -2.56. The summed E-state index contributed by atoms with van der Waals surface area (Å²) in [6, 6.07) is 0. The molecule has 0 bridgehead atoms. The van der Waals surface area contributed by atoms with E-state index in [9.17, 15) is 14.3 Å². The van der Waals surface area contributed by atoms with Gasteiger partial charge in [0.1, 0.15) is 17.4 Å². The molecule has 0 aromatic heterocycles. The summed E-state index contributed by atoms with van der Waals surface area (Å²) in [5, 5.41) is 10.4. The standard InChI is InChI=1S/C11H13FO3/c1-10(12)4-6-2-3-8-11(6,14)7(5-10)9(13)15-8/h5-6,8,14H,2-4H2,1H3/t6?,8-,10+,11+/m1/s1. The van der Waals surface area contributed by atoms with Crippen LogP contribution in [0.1, 0.15) is 26.2 Å². The van der Waals surface area contributed by atoms with Gasteiger partial charge in [0.15, 0.2) is 0 Å². The lowest BCUT2D eigenvalue weighted by molar-refractivity contribution is -0.140. The number of alkyl halides is 1. The van der Waals surface area contributed by atoms with E-state index >= 15 is 0 Å². The molecule has 1 saturated carbocycles. The second kappa shape index (κ2) is 2.43. The Morgan fingerprint density at radius 3 is 3.07 bits per heavy atom. The molecule has 2 aliphatic carbocycles. The van der Waals surface area contributed by atoms with Gasteiger partial charge in [-0.25, -0.2) is 9.18 Å². The topological polar surface area (TPSA) is 46.5 Å². The van der Waals surface area contributed by atoms with Crippen molar-refractivity contribution >= 4 is 5.97 Å². The van der Waals surface area contributed by atoms with Gasteiger partial charge in [0.05, 0.1) is 5.57 Å². The molecular weight excluding hydrogens is 199 g/mol. The minimum absolute atomic E-state index is 0.145. The summed E-state index contributed by atoms with van der Waals surface area (Å²) in [4.78, 5) is 11.5. The Balaban J connectivity index is 2.16. The van der Waals surface area contributed by atoms with Gasteiger partial charge >= 0.3 is 5.97 Å². The van der Waals surface area contributed by atoms with Gasteiger partial charge in [-0.2, -0.15) is 0 Å². The zero-order valence-electron chi connectivity index (χ0n) is 8.50. The lowest BCUT2D eigenvalue weighted by Gasteiger charge is -2.36. The number of hydrogen-bond donors (Lipinski definition) is 1. The fourth-order valence-electron chi connectivity index (χ4n) is 3.23. The van der Waals surface area contributed by atoms with E-state index in [2.05, 4.69) is 0 Å². The molecule has 0 aromatic carbocycles. The predicted molar refractivity (Wildman–Crippen MR) is 49.8 cm³/mol. The first-order valence-corrected chi connectivity index (χ1v) is 5.29. The Morgan fingerprint density at radius 2 is 2.33 bits per heavy atom. The van der Waals surface area contributed by atoms with Crippen molar-refractivity contribution in [3.8, 4) is 0 Å². The van der Waals surface area contributed by atoms with Crippen LogP contribution in [0.5, 0.6) is 0 Å². The van der Waals surface area contributed by atoms with Crippen molar-refractivity contribution in [2.24, 2.45) is 5.92 Å². The third-order valence-electron chi connectivity index (χ3n) is 3.88. The first-order chi connectivity index (χ1) is 6.93. The van der Waals surface area contributed by atoms with Gasteiger partial charge in [-0.1, -0.05) is 0 Å². The summed E-state index contributed by atoms with van der Waals surface area (Å²) < 4.78 is 19.0. The van der Waals surface area contributed by atoms with Gasteiger partial charge in [-0.15, -0.1) is 0 Å². The summed E-state index contributed by atoms with van der Waals surface area (Å²) in [7, 11) is 0. The monoisotopic (exact) mass is 212 g/mol. The predicted octanol–water partition coefficient (Wildman–Crippen LogP) is 1.11. The van der Waals surface area contributed by atoms with Crippen LogP contribution in [-0.2, 0) is 9.53 Å². The third kappa shape index (κ3) is 1.00. The van der Waals surface area contributed by atoms with Crippen LogP contribution in [0.15, 0.2) is 11.6 Å². The molecule has 0 aromatic rings. The zero-order valence-corrected chi connectivity index (χ0v) is 8.50. The van der Waals surface area contributed by atoms with Crippen LogP contribution in [0.25, 0.3) is 0 Å². The molecule has 3 aliphatic rings. The van der Waals surface area contributed by atoms with E-state index in [1.165, 1.54) is 13.0 Å². The van der Waals surface area contributed by atoms with Gasteiger partial charge < -0.3 is 9.84 Å². The van der Waals surface area contributed by atoms with Crippen molar-refractivity contribution in [3.05, 3.63) is 11.6 Å². The lowest BCUT2D eigenvalue weighted by atomic mass is 9.72. The van der Waals surface area contributed by atoms with Crippen LogP contribution in [0, 0.1) is 5.92 Å². The highest BCUT2D eigenvalue weighted by Crippen LogP contribution is 2.54. The largest absolute Gasteiger partial charge is 0.455 e. The Kier molecular flexibility index (Phi) is 1.51. The fourth-order valence-corrected chi connectivity index (χ4v) is 3.23. The second-order valence-corrected chi connectivity index (χ2v) is 5.03. The number of carbonyl (C=O) groups excluding carboxylic acids is 1. The van der Waals surface area contributed by atoms with Gasteiger partial charge in [0.2, 0.25) is 0 Å². The molecule has 82 valence electrons. The van der Waals surface area contributed by atoms with E-state index in [1.807, 2.05) is 0 Å². The van der Waals surface area contributed by atoms with Crippen LogP contribution in [0.4, 0.5) is 4.39 Å². The van der Waals surface area contributed by atoms with Crippen LogP contribution >= 0.6 is 0 Å². The van der Waals surface area contributed by atoms with Crippen LogP contribution in [0.2, 0.25) is 0 Å².